The van der Waals surface area contributed by atoms with Gasteiger partial charge in [-0.25, -0.2) is 9.78 Å². The van der Waals surface area contributed by atoms with Crippen LogP contribution >= 0.6 is 0 Å². The predicted molar refractivity (Wildman–Crippen MR) is 39.3 cm³/mol. The van der Waals surface area contributed by atoms with Gasteiger partial charge >= 0.3 is 5.69 Å². The van der Waals surface area contributed by atoms with Gasteiger partial charge in [-0.3, -0.25) is 4.40 Å². The highest BCUT2D eigenvalue weighted by Gasteiger charge is 1.92. The molecule has 2 aromatic rings. The Bertz CT molecular complexity index is 429. The maximum atomic E-state index is 11.0. The summed E-state index contributed by atoms with van der Waals surface area (Å²) in [5.74, 6) is 0. The molecule has 11 heavy (non-hydrogen) atoms. The van der Waals surface area contributed by atoms with Crippen molar-refractivity contribution in [3.63, 3.8) is 0 Å². The second-order valence-electron chi connectivity index (χ2n) is 2.09. The van der Waals surface area contributed by atoms with Gasteiger partial charge in [-0.1, -0.05) is 6.07 Å². The quantitative estimate of drug-likeness (QED) is 0.530. The van der Waals surface area contributed by atoms with E-state index in [1.54, 1.807) is 18.3 Å². The summed E-state index contributed by atoms with van der Waals surface area (Å²) < 4.78 is 1.39. The Morgan fingerprint density at radius 1 is 1.27 bits per heavy atom. The van der Waals surface area contributed by atoms with Crippen molar-refractivity contribution in [2.45, 2.75) is 0 Å². The minimum absolute atomic E-state index is 0.296. The average Bonchev–Trinajstić information content (AvgIpc) is 2.06. The number of hydrogen-bond acceptors (Lipinski definition) is 3. The summed E-state index contributed by atoms with van der Waals surface area (Å²) in [6.07, 6.45) is 2.90. The summed E-state index contributed by atoms with van der Waals surface area (Å²) in [6, 6.07) is 5.34. The number of rotatable bonds is 0. The number of fused-ring (bicyclic) bond motifs is 1. The molecular formula is C7H5N3O. The maximum absolute atomic E-state index is 11.0. The summed E-state index contributed by atoms with van der Waals surface area (Å²) in [4.78, 5) is 18.4. The molecule has 0 saturated heterocycles. The molecule has 4 heteroatoms. The van der Waals surface area contributed by atoms with Crippen LogP contribution in [0.4, 0.5) is 0 Å². The fourth-order valence-electron chi connectivity index (χ4n) is 0.901. The monoisotopic (exact) mass is 147 g/mol. The number of pyridine rings is 1. The first-order valence-electron chi connectivity index (χ1n) is 3.16. The molecule has 54 valence electrons. The molecule has 0 aromatic carbocycles. The minimum Gasteiger partial charge on any atom is -0.251 e. The van der Waals surface area contributed by atoms with Crippen LogP contribution in [0.2, 0.25) is 0 Å². The molecule has 0 aliphatic carbocycles. The van der Waals surface area contributed by atoms with Gasteiger partial charge in [0.2, 0.25) is 0 Å². The standard InChI is InChI=1S/C7H5N3O/c11-7-9-5-8-6-3-1-2-4-10(6)7/h1-5H. The van der Waals surface area contributed by atoms with Gasteiger partial charge in [0.05, 0.1) is 0 Å². The Labute approximate surface area is 62.2 Å². The third-order valence-electron chi connectivity index (χ3n) is 1.40. The van der Waals surface area contributed by atoms with Gasteiger partial charge in [0.15, 0.2) is 0 Å². The Kier molecular flexibility index (Phi) is 1.18. The number of nitrogens with zero attached hydrogens (tertiary/aromatic N) is 3. The van der Waals surface area contributed by atoms with Gasteiger partial charge < -0.3 is 0 Å². The van der Waals surface area contributed by atoms with E-state index in [-0.39, 0.29) is 5.69 Å². The topological polar surface area (TPSA) is 47.3 Å². The van der Waals surface area contributed by atoms with Crippen LogP contribution in [0.3, 0.4) is 0 Å². The van der Waals surface area contributed by atoms with Crippen molar-refractivity contribution < 1.29 is 0 Å². The lowest BCUT2D eigenvalue weighted by Gasteiger charge is -1.93. The Morgan fingerprint density at radius 2 is 2.18 bits per heavy atom. The van der Waals surface area contributed by atoms with E-state index in [2.05, 4.69) is 9.97 Å². The van der Waals surface area contributed by atoms with Gasteiger partial charge in [0.25, 0.3) is 0 Å². The molecular weight excluding hydrogens is 142 g/mol. The van der Waals surface area contributed by atoms with Crippen LogP contribution in [-0.2, 0) is 0 Å². The molecule has 0 atom stereocenters. The molecule has 0 bridgehead atoms. The van der Waals surface area contributed by atoms with Gasteiger partial charge in [0, 0.05) is 6.20 Å². The van der Waals surface area contributed by atoms with Crippen LogP contribution in [0.5, 0.6) is 0 Å². The molecule has 0 amide bonds. The zero-order valence-corrected chi connectivity index (χ0v) is 5.64. The van der Waals surface area contributed by atoms with Crippen molar-refractivity contribution in [1.29, 1.82) is 0 Å². The molecule has 0 N–H and O–H groups in total. The summed E-state index contributed by atoms with van der Waals surface area (Å²) in [5.41, 5.74) is 0.322. The number of aromatic nitrogens is 3. The molecule has 0 unspecified atom stereocenters. The fourth-order valence-corrected chi connectivity index (χ4v) is 0.901. The molecule has 2 heterocycles. The second-order valence-corrected chi connectivity index (χ2v) is 2.09. The molecule has 0 saturated carbocycles. The van der Waals surface area contributed by atoms with Crippen molar-refractivity contribution in [2.24, 2.45) is 0 Å². The van der Waals surface area contributed by atoms with Crippen molar-refractivity contribution in [2.75, 3.05) is 0 Å². The van der Waals surface area contributed by atoms with Crippen LogP contribution in [0, 0.1) is 0 Å². The highest BCUT2D eigenvalue weighted by molar-refractivity contribution is 5.34. The van der Waals surface area contributed by atoms with Crippen LogP contribution in [0.15, 0.2) is 35.5 Å². The largest absolute Gasteiger partial charge is 0.354 e. The molecule has 0 spiro atoms. The molecule has 0 fully saturated rings. The molecule has 2 rings (SSSR count). The third-order valence-corrected chi connectivity index (χ3v) is 1.40. The normalized spacial score (nSPS) is 10.2. The van der Waals surface area contributed by atoms with E-state index in [1.807, 2.05) is 6.07 Å². The van der Waals surface area contributed by atoms with Crippen LogP contribution in [0.25, 0.3) is 5.65 Å². The Balaban J connectivity index is 3.03. The smallest absolute Gasteiger partial charge is 0.251 e. The molecule has 0 aliphatic heterocycles. The lowest BCUT2D eigenvalue weighted by Crippen LogP contribution is -2.16. The van der Waals surface area contributed by atoms with Gasteiger partial charge in [-0.2, -0.15) is 4.98 Å². The first kappa shape index (κ1) is 6.03. The van der Waals surface area contributed by atoms with E-state index < -0.39 is 0 Å². The minimum atomic E-state index is -0.296. The van der Waals surface area contributed by atoms with E-state index in [9.17, 15) is 4.79 Å². The number of hydrogen-bond donors (Lipinski definition) is 0. The lowest BCUT2D eigenvalue weighted by atomic mass is 10.5. The summed E-state index contributed by atoms with van der Waals surface area (Å²) in [5, 5.41) is 0. The Hall–Kier alpha value is -1.71. The van der Waals surface area contributed by atoms with E-state index in [4.69, 9.17) is 0 Å². The second kappa shape index (κ2) is 2.16. The first-order chi connectivity index (χ1) is 5.38. The van der Waals surface area contributed by atoms with Crippen LogP contribution < -0.4 is 5.69 Å². The van der Waals surface area contributed by atoms with E-state index in [1.165, 1.54) is 10.7 Å². The van der Waals surface area contributed by atoms with E-state index in [0.717, 1.165) is 0 Å². The summed E-state index contributed by atoms with van der Waals surface area (Å²) >= 11 is 0. The fraction of sp³-hybridized carbons (Fsp3) is 0. The lowest BCUT2D eigenvalue weighted by molar-refractivity contribution is 0.941. The molecule has 4 nitrogen and oxygen atoms in total. The molecule has 2 aromatic heterocycles. The van der Waals surface area contributed by atoms with E-state index in [0.29, 0.717) is 5.65 Å². The average molecular weight is 147 g/mol. The van der Waals surface area contributed by atoms with Crippen LogP contribution in [0.1, 0.15) is 0 Å². The van der Waals surface area contributed by atoms with Crippen molar-refractivity contribution in [3.8, 4) is 0 Å². The van der Waals surface area contributed by atoms with Crippen molar-refractivity contribution in [1.82, 2.24) is 14.4 Å². The summed E-state index contributed by atoms with van der Waals surface area (Å²) in [6.45, 7) is 0. The van der Waals surface area contributed by atoms with Crippen molar-refractivity contribution in [3.05, 3.63) is 41.2 Å². The predicted octanol–water partition coefficient (Wildman–Crippen LogP) is 0.0895. The first-order valence-corrected chi connectivity index (χ1v) is 3.16. The third kappa shape index (κ3) is 0.881. The van der Waals surface area contributed by atoms with E-state index >= 15 is 0 Å². The highest BCUT2D eigenvalue weighted by atomic mass is 16.1. The Morgan fingerprint density at radius 3 is 3.00 bits per heavy atom. The zero-order valence-electron chi connectivity index (χ0n) is 5.64. The van der Waals surface area contributed by atoms with Gasteiger partial charge in [-0.05, 0) is 12.1 Å². The SMILES string of the molecule is O=c1ncnc2ccccn12. The van der Waals surface area contributed by atoms with Gasteiger partial charge in [0.1, 0.15) is 12.0 Å². The molecule has 0 aliphatic rings. The summed E-state index contributed by atoms with van der Waals surface area (Å²) in [7, 11) is 0. The maximum Gasteiger partial charge on any atom is 0.354 e. The van der Waals surface area contributed by atoms with Gasteiger partial charge in [-0.15, -0.1) is 0 Å². The highest BCUT2D eigenvalue weighted by Crippen LogP contribution is 1.91. The van der Waals surface area contributed by atoms with Crippen molar-refractivity contribution >= 4 is 5.65 Å². The zero-order chi connectivity index (χ0) is 7.68. The van der Waals surface area contributed by atoms with Crippen LogP contribution in [-0.4, -0.2) is 14.4 Å². The molecule has 0 radical (unpaired) electrons.